The molecule has 0 saturated carbocycles. The van der Waals surface area contributed by atoms with Gasteiger partial charge in [-0.05, 0) is 32.1 Å². The maximum absolute atomic E-state index is 13.9. The Morgan fingerprint density at radius 1 is 0.307 bits per heavy atom. The van der Waals surface area contributed by atoms with Crippen LogP contribution in [0.15, 0.2) is 0 Å². The van der Waals surface area contributed by atoms with E-state index in [-0.39, 0.29) is 171 Å². The van der Waals surface area contributed by atoms with Gasteiger partial charge in [0.2, 0.25) is 35.4 Å². The van der Waals surface area contributed by atoms with Crippen LogP contribution in [0.2, 0.25) is 0 Å². The van der Waals surface area contributed by atoms with Crippen LogP contribution in [0.4, 0.5) is 0 Å². The monoisotopic (exact) mass is 1830 g/mol. The number of rotatable bonds is 66. The highest BCUT2D eigenvalue weighted by atomic mass is 16.7. The van der Waals surface area contributed by atoms with Gasteiger partial charge in [0, 0.05) is 103 Å². The van der Waals surface area contributed by atoms with Crippen LogP contribution in [0.5, 0.6) is 0 Å². The van der Waals surface area contributed by atoms with E-state index in [1.807, 2.05) is 0 Å². The molecular weight excluding hydrogens is 1700 g/mol. The van der Waals surface area contributed by atoms with Gasteiger partial charge in [-0.15, -0.1) is 0 Å². The largest absolute Gasteiger partial charge is 0.481 e. The van der Waals surface area contributed by atoms with Crippen molar-refractivity contribution in [3.05, 3.63) is 0 Å². The SMILES string of the molecule is CC(=O)N[C@H]1[C@H](OCCOCCOCCOCC(=O)NCCCC[C@H](CC(=O)[C@H](CCCCNC(=O)COCCOCCOCCO[C@@H]2O[C@H](COC(C)=O)[C@H](OC(C)=O)[C@H](OC(C)=O)[C@H]2NC(C)=O)NC(=O)COCCOCCOCCO[C@@H]2O[C@H](COC(C)=O)[C@H](OC(C)=O)[C@H](OC(C)=O)[C@H]2NC(C)=O)C(=O)O)O[C@H](COC(C)=O)[C@H](OC(C)=O)[C@@H]1OC(C)=O. The minimum atomic E-state index is -1.32. The van der Waals surface area contributed by atoms with Crippen LogP contribution < -0.4 is 31.9 Å². The van der Waals surface area contributed by atoms with Crippen molar-refractivity contribution in [3.8, 4) is 0 Å². The number of unbranched alkanes of at least 4 members (excludes halogenated alkanes) is 2. The summed E-state index contributed by atoms with van der Waals surface area (Å²) in [6.07, 6.45) is -14.4. The minimum absolute atomic E-state index is 0.000214. The van der Waals surface area contributed by atoms with Crippen LogP contribution in [-0.4, -0.2) is 376 Å². The zero-order chi connectivity index (χ0) is 94.2. The number of ether oxygens (including phenoxy) is 24. The molecule has 6 amide bonds. The molecule has 3 rings (SSSR count). The highest BCUT2D eigenvalue weighted by molar-refractivity contribution is 5.91. The second-order valence-electron chi connectivity index (χ2n) is 28.6. The van der Waals surface area contributed by atoms with Crippen LogP contribution >= 0.6 is 0 Å². The van der Waals surface area contributed by atoms with E-state index in [9.17, 15) is 86.6 Å². The molecule has 3 fully saturated rings. The van der Waals surface area contributed by atoms with E-state index in [0.29, 0.717) is 12.8 Å². The zero-order valence-corrected chi connectivity index (χ0v) is 73.8. The number of hydrogen-bond donors (Lipinski definition) is 7. The van der Waals surface area contributed by atoms with Crippen molar-refractivity contribution in [3.63, 3.8) is 0 Å². The normalized spacial score (nSPS) is 22.3. The predicted molar refractivity (Wildman–Crippen MR) is 424 cm³/mol. The molecule has 0 aromatic heterocycles. The van der Waals surface area contributed by atoms with Gasteiger partial charge in [-0.25, -0.2) is 0 Å². The van der Waals surface area contributed by atoms with Crippen molar-refractivity contribution in [2.45, 2.75) is 226 Å². The van der Waals surface area contributed by atoms with Gasteiger partial charge in [0.15, 0.2) is 61.3 Å². The number of aliphatic carboxylic acids is 1. The molecule has 48 heteroatoms. The van der Waals surface area contributed by atoms with Crippen LogP contribution in [0.25, 0.3) is 0 Å². The molecule has 7 N–H and O–H groups in total. The second-order valence-corrected chi connectivity index (χ2v) is 28.6. The maximum Gasteiger partial charge on any atom is 0.306 e. The molecule has 0 spiro atoms. The number of carbonyl (C=O) groups is 17. The fourth-order valence-electron chi connectivity index (χ4n) is 12.6. The minimum Gasteiger partial charge on any atom is -0.481 e. The molecule has 0 bridgehead atoms. The molecule has 3 saturated heterocycles. The first-order valence-electron chi connectivity index (χ1n) is 41.3. The molecule has 0 unspecified atom stereocenters. The molecule has 0 aliphatic carbocycles. The quantitative estimate of drug-likeness (QED) is 0.0180. The molecule has 3 aliphatic heterocycles. The van der Waals surface area contributed by atoms with Crippen molar-refractivity contribution < 1.29 is 200 Å². The van der Waals surface area contributed by atoms with Gasteiger partial charge in [0.25, 0.3) is 0 Å². The summed E-state index contributed by atoms with van der Waals surface area (Å²) in [5.41, 5.74) is 0. The number of carboxylic acids is 1. The summed E-state index contributed by atoms with van der Waals surface area (Å²) >= 11 is 0. The van der Waals surface area contributed by atoms with E-state index in [2.05, 4.69) is 31.9 Å². The Hall–Kier alpha value is -9.41. The van der Waals surface area contributed by atoms with Crippen molar-refractivity contribution in [1.29, 1.82) is 0 Å². The van der Waals surface area contributed by atoms with E-state index < -0.39 is 238 Å². The lowest BCUT2D eigenvalue weighted by molar-refractivity contribution is -0.279. The summed E-state index contributed by atoms with van der Waals surface area (Å²) in [4.78, 5) is 209. The lowest BCUT2D eigenvalue weighted by atomic mass is 9.92. The Morgan fingerprint density at radius 2 is 0.567 bits per heavy atom. The third-order valence-corrected chi connectivity index (χ3v) is 17.7. The number of carbonyl (C=O) groups excluding carboxylic acids is 16. The van der Waals surface area contributed by atoms with Crippen LogP contribution in [0, 0.1) is 5.92 Å². The van der Waals surface area contributed by atoms with Crippen LogP contribution in [0.3, 0.4) is 0 Å². The Labute approximate surface area is 734 Å². The second kappa shape index (κ2) is 64.3. The Balaban J connectivity index is 1.47. The Kier molecular flexibility index (Phi) is 56.6. The van der Waals surface area contributed by atoms with E-state index >= 15 is 0 Å². The first-order chi connectivity index (χ1) is 60.5. The average molecular weight is 1830 g/mol. The van der Waals surface area contributed by atoms with E-state index in [0.717, 1.165) is 62.3 Å². The van der Waals surface area contributed by atoms with Gasteiger partial charge in [0.1, 0.15) is 76.1 Å². The average Bonchev–Trinajstić information content (AvgIpc) is 0.796. The summed E-state index contributed by atoms with van der Waals surface area (Å²) in [7, 11) is 0. The van der Waals surface area contributed by atoms with Gasteiger partial charge in [-0.1, -0.05) is 6.42 Å². The van der Waals surface area contributed by atoms with Crippen molar-refractivity contribution in [1.82, 2.24) is 31.9 Å². The molecule has 3 aliphatic rings. The third-order valence-electron chi connectivity index (χ3n) is 17.7. The number of ketones is 1. The fourth-order valence-corrected chi connectivity index (χ4v) is 12.6. The summed E-state index contributed by atoms with van der Waals surface area (Å²) in [6.45, 7) is 11.8. The van der Waals surface area contributed by atoms with Crippen molar-refractivity contribution in [2.24, 2.45) is 5.92 Å². The molecule has 3 heterocycles. The summed E-state index contributed by atoms with van der Waals surface area (Å²) in [6, 6.07) is -4.68. The summed E-state index contributed by atoms with van der Waals surface area (Å²) in [5.74, 6) is -12.9. The topological polar surface area (TPSA) is 604 Å². The highest BCUT2D eigenvalue weighted by Crippen LogP contribution is 2.32. The number of esters is 9. The van der Waals surface area contributed by atoms with E-state index in [4.69, 9.17) is 114 Å². The number of amides is 6. The lowest BCUT2D eigenvalue weighted by Gasteiger charge is -2.44. The summed E-state index contributed by atoms with van der Waals surface area (Å²) < 4.78 is 133. The number of nitrogens with one attached hydrogen (secondary N) is 6. The number of carboxylic acid groups (broad SMARTS) is 1. The Bertz CT molecular complexity index is 3430. The molecule has 0 aromatic carbocycles. The van der Waals surface area contributed by atoms with E-state index in [1.165, 1.54) is 20.8 Å². The standard InChI is InChI=1S/C79H126N6O42/c1-46(86)82-67-73(122-55(10)95)70(119-52(7)92)61(40-116-49(4)89)125-77(67)113-36-33-107-24-21-104-27-30-110-43-64(99)80-19-15-13-17-58(76(102)103)39-60(98)59(85-66(101)45-112-32-29-106-23-26-109-35-38-115-79-69(84-48(3)88)75(124-57(12)97)72(121-54(9)94)63(127-79)42-118-51(6)91)18-14-16-20-81-65(100)44-111-31-28-105-22-25-108-34-37-114-78-68(83-47(2)87)74(123-56(11)96)71(120-53(8)93)62(126-78)41-117-50(5)90/h58-59,61-63,67-75,77-79H,13-45H2,1-12H3,(H,80,99)(H,81,100)(H,82,86)(H,83,87)(H,84,88)(H,85,101)(H,102,103)/t58-,59+,61-,62-,63-,67-,68-,69-,70+,71+,72+,73-,74-,75-,77-,78-,79-/m1/s1. The molecule has 17 atom stereocenters. The Morgan fingerprint density at radius 3 is 0.835 bits per heavy atom. The van der Waals surface area contributed by atoms with Gasteiger partial charge in [0.05, 0.1) is 131 Å². The van der Waals surface area contributed by atoms with Crippen molar-refractivity contribution in [2.75, 3.05) is 172 Å². The van der Waals surface area contributed by atoms with Gasteiger partial charge < -0.3 is 151 Å². The molecule has 127 heavy (non-hydrogen) atoms. The lowest BCUT2D eigenvalue weighted by Crippen LogP contribution is -2.66. The van der Waals surface area contributed by atoms with Crippen LogP contribution in [0.1, 0.15) is 128 Å². The molecule has 48 nitrogen and oxygen atoms in total. The first-order valence-corrected chi connectivity index (χ1v) is 41.3. The van der Waals surface area contributed by atoms with Gasteiger partial charge in [-0.2, -0.15) is 0 Å². The number of hydrogen-bond acceptors (Lipinski definition) is 41. The van der Waals surface area contributed by atoms with Gasteiger partial charge in [-0.3, -0.25) is 81.5 Å². The molecule has 724 valence electrons. The summed E-state index contributed by atoms with van der Waals surface area (Å²) in [5, 5.41) is 26.1. The number of Topliss-reactive ketones (excluding diaryl/α,β-unsaturated/α-hetero) is 1. The molecule has 0 radical (unpaired) electrons. The first kappa shape index (κ1) is 112. The van der Waals surface area contributed by atoms with Crippen molar-refractivity contribution >= 4 is 101 Å². The highest BCUT2D eigenvalue weighted by Gasteiger charge is 2.54. The van der Waals surface area contributed by atoms with Gasteiger partial charge >= 0.3 is 59.7 Å². The van der Waals surface area contributed by atoms with E-state index in [1.54, 1.807) is 0 Å². The predicted octanol–water partition coefficient (Wildman–Crippen LogP) is -3.13. The molecule has 0 aromatic rings. The zero-order valence-electron chi connectivity index (χ0n) is 73.8. The smallest absolute Gasteiger partial charge is 0.306 e. The fraction of sp³-hybridized carbons (Fsp3) is 0.785. The van der Waals surface area contributed by atoms with Crippen LogP contribution in [-0.2, 0) is 195 Å². The molecular formula is C79H126N6O42. The third kappa shape index (κ3) is 49.7. The maximum atomic E-state index is 13.9.